The minimum atomic E-state index is -1.61. The number of rotatable bonds is 13. The zero-order valence-corrected chi connectivity index (χ0v) is 18.0. The number of unbranched alkanes of at least 4 members (excludes halogenated alkanes) is 1. The molecule has 0 aliphatic heterocycles. The van der Waals surface area contributed by atoms with Gasteiger partial charge in [-0.2, -0.15) is 0 Å². The minimum Gasteiger partial charge on any atom is -0.460 e. The Morgan fingerprint density at radius 3 is 2.00 bits per heavy atom. The van der Waals surface area contributed by atoms with Crippen molar-refractivity contribution in [2.45, 2.75) is 78.8 Å². The van der Waals surface area contributed by atoms with E-state index in [-0.39, 0.29) is 13.4 Å². The highest BCUT2D eigenvalue weighted by molar-refractivity contribution is 6.84. The summed E-state index contributed by atoms with van der Waals surface area (Å²) in [5.41, 5.74) is 0.421. The second kappa shape index (κ2) is 12.9. The average Bonchev–Trinajstić information content (AvgIpc) is 2.42. The Balaban J connectivity index is 0. The summed E-state index contributed by atoms with van der Waals surface area (Å²) in [6.45, 7) is 18.1. The lowest BCUT2D eigenvalue weighted by Gasteiger charge is -2.34. The molecule has 0 radical (unpaired) electrons. The van der Waals surface area contributed by atoms with Crippen LogP contribution in [0, 0.1) is 0 Å². The van der Waals surface area contributed by atoms with Gasteiger partial charge in [-0.1, -0.05) is 33.8 Å². The Labute approximate surface area is 152 Å². The molecular weight excluding hydrogens is 336 g/mol. The van der Waals surface area contributed by atoms with E-state index in [2.05, 4.69) is 39.7 Å². The molecule has 0 aromatic carbocycles. The fourth-order valence-corrected chi connectivity index (χ4v) is 11.5. The van der Waals surface area contributed by atoms with E-state index >= 15 is 0 Å². The van der Waals surface area contributed by atoms with E-state index in [1.807, 2.05) is 0 Å². The third kappa shape index (κ3) is 14.0. The monoisotopic (exact) mass is 376 g/mol. The van der Waals surface area contributed by atoms with Crippen LogP contribution in [0.25, 0.3) is 0 Å². The van der Waals surface area contributed by atoms with Gasteiger partial charge in [0.15, 0.2) is 16.6 Å². The normalized spacial score (nSPS) is 11.8. The van der Waals surface area contributed by atoms with E-state index in [9.17, 15) is 4.79 Å². The zero-order valence-electron chi connectivity index (χ0n) is 16.0. The van der Waals surface area contributed by atoms with Crippen molar-refractivity contribution in [3.05, 3.63) is 12.2 Å². The SMILES string of the molecule is C.C=C(C)C(=O)OCCOCCC[Si](C)(C)O[Si](C)(C)CCCC. The number of carbonyl (C=O) groups excluding carboxylic acids is 1. The molecule has 0 aromatic heterocycles. The second-order valence-electron chi connectivity index (χ2n) is 7.36. The topological polar surface area (TPSA) is 44.8 Å². The standard InChI is InChI=1S/C17H36O4Si2.CH4/c1-8-9-14-22(4,5)21-23(6,7)15-10-11-19-12-13-20-17(18)16(2)3;/h2,8-15H2,1,3-7H3;1H4. The first-order valence-corrected chi connectivity index (χ1v) is 14.9. The molecule has 0 unspecified atom stereocenters. The van der Waals surface area contributed by atoms with Crippen LogP contribution in [0.4, 0.5) is 0 Å². The van der Waals surface area contributed by atoms with E-state index in [0.717, 1.165) is 12.5 Å². The highest BCUT2D eigenvalue weighted by Gasteiger charge is 2.31. The second-order valence-corrected chi connectivity index (χ2v) is 16.2. The van der Waals surface area contributed by atoms with Gasteiger partial charge in [-0.15, -0.1) is 0 Å². The van der Waals surface area contributed by atoms with Crippen LogP contribution in [0.15, 0.2) is 12.2 Å². The van der Waals surface area contributed by atoms with Gasteiger partial charge in [-0.25, -0.2) is 4.79 Å². The van der Waals surface area contributed by atoms with E-state index in [1.165, 1.54) is 18.9 Å². The van der Waals surface area contributed by atoms with E-state index in [0.29, 0.717) is 25.4 Å². The van der Waals surface area contributed by atoms with Crippen molar-refractivity contribution in [2.24, 2.45) is 0 Å². The maximum Gasteiger partial charge on any atom is 0.333 e. The van der Waals surface area contributed by atoms with Crippen molar-refractivity contribution in [3.8, 4) is 0 Å². The van der Waals surface area contributed by atoms with Crippen LogP contribution >= 0.6 is 0 Å². The number of hydrogen-bond donors (Lipinski definition) is 0. The largest absolute Gasteiger partial charge is 0.460 e. The molecule has 0 saturated heterocycles. The summed E-state index contributed by atoms with van der Waals surface area (Å²) in [6, 6.07) is 2.37. The summed E-state index contributed by atoms with van der Waals surface area (Å²) in [5.74, 6) is -0.352. The van der Waals surface area contributed by atoms with Crippen LogP contribution in [0.1, 0.15) is 40.5 Å². The van der Waals surface area contributed by atoms with Crippen LogP contribution in [0.5, 0.6) is 0 Å². The Morgan fingerprint density at radius 1 is 0.958 bits per heavy atom. The van der Waals surface area contributed by atoms with Gasteiger partial charge in [0.1, 0.15) is 6.61 Å². The molecule has 0 bridgehead atoms. The fraction of sp³-hybridized carbons (Fsp3) is 0.833. The Kier molecular flexibility index (Phi) is 13.8. The Hall–Kier alpha value is -0.436. The Morgan fingerprint density at radius 2 is 1.50 bits per heavy atom. The van der Waals surface area contributed by atoms with Crippen LogP contribution in [0.2, 0.25) is 38.3 Å². The molecule has 0 N–H and O–H groups in total. The molecule has 0 heterocycles. The highest BCUT2D eigenvalue weighted by Crippen LogP contribution is 2.24. The predicted molar refractivity (Wildman–Crippen MR) is 109 cm³/mol. The van der Waals surface area contributed by atoms with Crippen molar-refractivity contribution in [1.29, 1.82) is 0 Å². The molecule has 0 fully saturated rings. The summed E-state index contributed by atoms with van der Waals surface area (Å²) in [5, 5.41) is 0. The molecule has 0 atom stereocenters. The molecular formula is C18H40O4Si2. The van der Waals surface area contributed by atoms with Gasteiger partial charge < -0.3 is 13.6 Å². The molecule has 6 heteroatoms. The minimum absolute atomic E-state index is 0. The first-order chi connectivity index (χ1) is 10.6. The van der Waals surface area contributed by atoms with Gasteiger partial charge >= 0.3 is 5.97 Å². The summed E-state index contributed by atoms with van der Waals surface area (Å²) < 4.78 is 17.1. The van der Waals surface area contributed by atoms with E-state index < -0.39 is 16.6 Å². The molecule has 0 aliphatic carbocycles. The average molecular weight is 377 g/mol. The summed E-state index contributed by atoms with van der Waals surface area (Å²) in [6.07, 6.45) is 3.52. The quantitative estimate of drug-likeness (QED) is 0.187. The van der Waals surface area contributed by atoms with Crippen LogP contribution in [-0.2, 0) is 18.4 Å². The first-order valence-electron chi connectivity index (χ1n) is 8.70. The molecule has 0 aliphatic rings. The zero-order chi connectivity index (χ0) is 17.9. The maximum absolute atomic E-state index is 11.2. The maximum atomic E-state index is 11.2. The smallest absolute Gasteiger partial charge is 0.333 e. The molecule has 0 aromatic rings. The molecule has 0 spiro atoms. The number of ether oxygens (including phenoxy) is 2. The third-order valence-corrected chi connectivity index (χ3v) is 11.1. The molecule has 0 saturated carbocycles. The third-order valence-electron chi connectivity index (χ3n) is 3.56. The number of esters is 1. The van der Waals surface area contributed by atoms with Crippen molar-refractivity contribution < 1.29 is 18.4 Å². The number of hydrogen-bond acceptors (Lipinski definition) is 4. The molecule has 0 rings (SSSR count). The van der Waals surface area contributed by atoms with Crippen LogP contribution in [0.3, 0.4) is 0 Å². The van der Waals surface area contributed by atoms with Crippen molar-refractivity contribution in [3.63, 3.8) is 0 Å². The lowest BCUT2D eigenvalue weighted by atomic mass is 10.4. The van der Waals surface area contributed by atoms with Crippen molar-refractivity contribution in [1.82, 2.24) is 0 Å². The number of carbonyl (C=O) groups is 1. The highest BCUT2D eigenvalue weighted by atomic mass is 28.4. The molecule has 144 valence electrons. The molecule has 0 amide bonds. The van der Waals surface area contributed by atoms with Crippen LogP contribution < -0.4 is 0 Å². The van der Waals surface area contributed by atoms with Gasteiger partial charge in [-0.05, 0) is 51.6 Å². The van der Waals surface area contributed by atoms with E-state index in [4.69, 9.17) is 13.6 Å². The van der Waals surface area contributed by atoms with Gasteiger partial charge in [0.2, 0.25) is 0 Å². The summed E-state index contributed by atoms with van der Waals surface area (Å²) in [4.78, 5) is 11.2. The lowest BCUT2D eigenvalue weighted by Crippen LogP contribution is -2.44. The lowest BCUT2D eigenvalue weighted by molar-refractivity contribution is -0.140. The van der Waals surface area contributed by atoms with Crippen molar-refractivity contribution in [2.75, 3.05) is 19.8 Å². The summed E-state index contributed by atoms with van der Waals surface area (Å²) in [7, 11) is -3.11. The van der Waals surface area contributed by atoms with Gasteiger partial charge in [-0.3, -0.25) is 0 Å². The van der Waals surface area contributed by atoms with E-state index in [1.54, 1.807) is 6.92 Å². The van der Waals surface area contributed by atoms with Gasteiger partial charge in [0.05, 0.1) is 6.61 Å². The van der Waals surface area contributed by atoms with Gasteiger partial charge in [0.25, 0.3) is 0 Å². The Bertz CT molecular complexity index is 368. The molecule has 24 heavy (non-hydrogen) atoms. The fourth-order valence-electron chi connectivity index (χ4n) is 2.47. The molecule has 4 nitrogen and oxygen atoms in total. The van der Waals surface area contributed by atoms with Crippen LogP contribution in [-0.4, -0.2) is 42.4 Å². The predicted octanol–water partition coefficient (Wildman–Crippen LogP) is 5.38. The van der Waals surface area contributed by atoms with Gasteiger partial charge in [0, 0.05) is 12.2 Å². The first kappa shape index (κ1) is 25.8. The van der Waals surface area contributed by atoms with Crippen molar-refractivity contribution >= 4 is 22.6 Å². The summed E-state index contributed by atoms with van der Waals surface area (Å²) >= 11 is 0.